The van der Waals surface area contributed by atoms with Crippen molar-refractivity contribution in [2.75, 3.05) is 26.2 Å². The molecule has 2 rings (SSSR count). The molecule has 0 aliphatic rings. The second kappa shape index (κ2) is 10.3. The highest BCUT2D eigenvalue weighted by molar-refractivity contribution is 5.92. The Balaban J connectivity index is 1.41. The number of amides is 2. The Morgan fingerprint density at radius 3 is 1.69 bits per heavy atom. The van der Waals surface area contributed by atoms with Gasteiger partial charge < -0.3 is 25.9 Å². The summed E-state index contributed by atoms with van der Waals surface area (Å²) in [7, 11) is 0. The van der Waals surface area contributed by atoms with Crippen LogP contribution in [0.3, 0.4) is 0 Å². The van der Waals surface area contributed by atoms with Gasteiger partial charge in [0.2, 0.25) is 0 Å². The summed E-state index contributed by atoms with van der Waals surface area (Å²) in [4.78, 5) is 27.9. The monoisotopic (exact) mass is 367 g/mol. The van der Waals surface area contributed by atoms with Crippen molar-refractivity contribution in [3.63, 3.8) is 0 Å². The van der Waals surface area contributed by atoms with Gasteiger partial charge in [0, 0.05) is 13.1 Å². The number of aromatic nitrogens is 2. The number of aromatic amines is 2. The highest BCUT2D eigenvalue weighted by Gasteiger charge is 2.07. The minimum absolute atomic E-state index is 0.208. The first-order valence-electron chi connectivity index (χ1n) is 8.52. The third-order valence-corrected chi connectivity index (χ3v) is 3.67. The lowest BCUT2D eigenvalue weighted by molar-refractivity contribution is 0.0939. The number of halogens is 2. The van der Waals surface area contributed by atoms with Gasteiger partial charge in [0.05, 0.1) is 0 Å². The molecule has 0 atom stereocenters. The standard InChI is InChI=1S/C17H23F2N5O2/c18-14-6-4-12(23-14)16(25)21-10-2-1-8-20-9-3-11-22-17(26)13-5-7-15(19)24-13/h4-7,20,23-24H,1-3,8-11H2,(H,21,25)(H,22,26). The summed E-state index contributed by atoms with van der Waals surface area (Å²) in [6.07, 6.45) is 2.44. The Kier molecular flexibility index (Phi) is 7.81. The fraction of sp³-hybridized carbons (Fsp3) is 0.412. The summed E-state index contributed by atoms with van der Waals surface area (Å²) in [5, 5.41) is 8.65. The zero-order chi connectivity index (χ0) is 18.8. The number of hydrogen-bond donors (Lipinski definition) is 5. The van der Waals surface area contributed by atoms with Crippen molar-refractivity contribution in [2.45, 2.75) is 19.3 Å². The van der Waals surface area contributed by atoms with E-state index in [9.17, 15) is 18.4 Å². The molecule has 0 aromatic carbocycles. The highest BCUT2D eigenvalue weighted by Crippen LogP contribution is 2.00. The summed E-state index contributed by atoms with van der Waals surface area (Å²) in [5.74, 6) is -1.71. The molecule has 0 fully saturated rings. The van der Waals surface area contributed by atoms with E-state index in [4.69, 9.17) is 0 Å². The van der Waals surface area contributed by atoms with Crippen LogP contribution in [0.25, 0.3) is 0 Å². The maximum Gasteiger partial charge on any atom is 0.267 e. The molecule has 142 valence electrons. The lowest BCUT2D eigenvalue weighted by Crippen LogP contribution is -2.28. The number of nitrogens with one attached hydrogen (secondary N) is 5. The minimum Gasteiger partial charge on any atom is -0.351 e. The fourth-order valence-electron chi connectivity index (χ4n) is 2.31. The summed E-state index contributed by atoms with van der Waals surface area (Å²) >= 11 is 0. The molecule has 2 amide bonds. The predicted molar refractivity (Wildman–Crippen MR) is 92.9 cm³/mol. The molecule has 0 bridgehead atoms. The van der Waals surface area contributed by atoms with Gasteiger partial charge in [0.15, 0.2) is 11.9 Å². The zero-order valence-corrected chi connectivity index (χ0v) is 14.3. The lowest BCUT2D eigenvalue weighted by Gasteiger charge is -2.07. The first kappa shape index (κ1) is 19.6. The third-order valence-electron chi connectivity index (χ3n) is 3.67. The van der Waals surface area contributed by atoms with E-state index in [1.54, 1.807) is 0 Å². The molecule has 7 nitrogen and oxygen atoms in total. The van der Waals surface area contributed by atoms with Gasteiger partial charge in [-0.05, 0) is 56.6 Å². The Hall–Kier alpha value is -2.68. The summed E-state index contributed by atoms with van der Waals surface area (Å²) in [6.45, 7) is 2.55. The van der Waals surface area contributed by atoms with Gasteiger partial charge in [-0.15, -0.1) is 0 Å². The molecule has 2 heterocycles. The van der Waals surface area contributed by atoms with Crippen LogP contribution in [0.2, 0.25) is 0 Å². The quantitative estimate of drug-likeness (QED) is 0.389. The lowest BCUT2D eigenvalue weighted by atomic mass is 10.3. The largest absolute Gasteiger partial charge is 0.351 e. The molecule has 0 unspecified atom stereocenters. The van der Waals surface area contributed by atoms with Crippen molar-refractivity contribution in [3.05, 3.63) is 47.5 Å². The van der Waals surface area contributed by atoms with Crippen LogP contribution >= 0.6 is 0 Å². The molecule has 0 spiro atoms. The van der Waals surface area contributed by atoms with Gasteiger partial charge in [-0.2, -0.15) is 8.78 Å². The minimum atomic E-state index is -0.534. The number of carbonyl (C=O) groups excluding carboxylic acids is 2. The first-order chi connectivity index (χ1) is 12.6. The number of hydrogen-bond acceptors (Lipinski definition) is 3. The van der Waals surface area contributed by atoms with E-state index in [2.05, 4.69) is 25.9 Å². The van der Waals surface area contributed by atoms with Crippen molar-refractivity contribution < 1.29 is 18.4 Å². The van der Waals surface area contributed by atoms with Gasteiger partial charge in [-0.3, -0.25) is 9.59 Å². The Morgan fingerprint density at radius 1 is 0.731 bits per heavy atom. The molecule has 0 aliphatic heterocycles. The summed E-state index contributed by atoms with van der Waals surface area (Å²) in [5.41, 5.74) is 0.421. The first-order valence-corrected chi connectivity index (χ1v) is 8.52. The second-order valence-electron chi connectivity index (χ2n) is 5.76. The van der Waals surface area contributed by atoms with Crippen LogP contribution in [0, 0.1) is 11.9 Å². The maximum atomic E-state index is 12.8. The van der Waals surface area contributed by atoms with Crippen LogP contribution in [0.1, 0.15) is 40.2 Å². The average Bonchev–Trinajstić information content (AvgIpc) is 3.24. The molecule has 26 heavy (non-hydrogen) atoms. The Bertz CT molecular complexity index is 653. The number of rotatable bonds is 11. The Labute approximate surface area is 149 Å². The molecule has 0 saturated heterocycles. The average molecular weight is 367 g/mol. The molecule has 2 aromatic rings. The summed E-state index contributed by atoms with van der Waals surface area (Å²) < 4.78 is 25.5. The fourth-order valence-corrected chi connectivity index (χ4v) is 2.31. The zero-order valence-electron chi connectivity index (χ0n) is 14.3. The van der Waals surface area contributed by atoms with E-state index >= 15 is 0 Å². The molecular weight excluding hydrogens is 344 g/mol. The van der Waals surface area contributed by atoms with Crippen LogP contribution < -0.4 is 16.0 Å². The van der Waals surface area contributed by atoms with E-state index in [-0.39, 0.29) is 23.2 Å². The van der Waals surface area contributed by atoms with E-state index in [1.165, 1.54) is 24.3 Å². The van der Waals surface area contributed by atoms with Crippen molar-refractivity contribution in [3.8, 4) is 0 Å². The molecule has 2 aromatic heterocycles. The molecule has 5 N–H and O–H groups in total. The summed E-state index contributed by atoms with van der Waals surface area (Å²) in [6, 6.07) is 5.21. The van der Waals surface area contributed by atoms with Crippen LogP contribution in [0.15, 0.2) is 24.3 Å². The number of unbranched alkanes of at least 4 members (excludes halogenated alkanes) is 1. The topological polar surface area (TPSA) is 102 Å². The molecule has 9 heteroatoms. The van der Waals surface area contributed by atoms with Crippen LogP contribution in [-0.4, -0.2) is 48.0 Å². The van der Waals surface area contributed by atoms with Crippen molar-refractivity contribution in [1.29, 1.82) is 0 Å². The van der Waals surface area contributed by atoms with Crippen molar-refractivity contribution in [2.24, 2.45) is 0 Å². The predicted octanol–water partition coefficient (Wildman–Crippen LogP) is 1.54. The second-order valence-corrected chi connectivity index (χ2v) is 5.76. The highest BCUT2D eigenvalue weighted by atomic mass is 19.1. The van der Waals surface area contributed by atoms with Crippen LogP contribution in [0.5, 0.6) is 0 Å². The van der Waals surface area contributed by atoms with Gasteiger partial charge >= 0.3 is 0 Å². The molecule has 0 radical (unpaired) electrons. The van der Waals surface area contributed by atoms with Crippen molar-refractivity contribution >= 4 is 11.8 Å². The SMILES string of the molecule is O=C(NCCCCNCCCNC(=O)c1ccc(F)[nH]1)c1ccc(F)[nH]1. The maximum absolute atomic E-state index is 12.8. The van der Waals surface area contributed by atoms with E-state index in [0.717, 1.165) is 32.4 Å². The molecule has 0 saturated carbocycles. The van der Waals surface area contributed by atoms with Crippen molar-refractivity contribution in [1.82, 2.24) is 25.9 Å². The molecular formula is C17H23F2N5O2. The normalized spacial score (nSPS) is 10.7. The van der Waals surface area contributed by atoms with Gasteiger partial charge in [-0.1, -0.05) is 0 Å². The van der Waals surface area contributed by atoms with E-state index in [0.29, 0.717) is 13.1 Å². The number of H-pyrrole nitrogens is 2. The van der Waals surface area contributed by atoms with Crippen LogP contribution in [-0.2, 0) is 0 Å². The Morgan fingerprint density at radius 2 is 1.19 bits per heavy atom. The van der Waals surface area contributed by atoms with Crippen LogP contribution in [0.4, 0.5) is 8.78 Å². The third kappa shape index (κ3) is 6.67. The number of carbonyl (C=O) groups is 2. The molecule has 0 aliphatic carbocycles. The van der Waals surface area contributed by atoms with E-state index < -0.39 is 11.9 Å². The van der Waals surface area contributed by atoms with Gasteiger partial charge in [0.1, 0.15) is 11.4 Å². The smallest absolute Gasteiger partial charge is 0.267 e. The van der Waals surface area contributed by atoms with Gasteiger partial charge in [0.25, 0.3) is 11.8 Å². The van der Waals surface area contributed by atoms with Gasteiger partial charge in [-0.25, -0.2) is 0 Å². The van der Waals surface area contributed by atoms with E-state index in [1.807, 2.05) is 0 Å².